The molecule has 3 aliphatic rings. The second-order valence-electron chi connectivity index (χ2n) is 11.7. The molecule has 0 saturated heterocycles. The Morgan fingerprint density at radius 1 is 0.844 bits per heavy atom. The summed E-state index contributed by atoms with van der Waals surface area (Å²) in [5.74, 6) is 1.97. The van der Waals surface area contributed by atoms with Gasteiger partial charge in [-0.15, -0.1) is 0 Å². The highest BCUT2D eigenvalue weighted by Crippen LogP contribution is 2.60. The number of hydrogen-bond acceptors (Lipinski definition) is 1. The first-order chi connectivity index (χ1) is 15.5. The van der Waals surface area contributed by atoms with Crippen molar-refractivity contribution in [1.29, 1.82) is 0 Å². The van der Waals surface area contributed by atoms with Crippen molar-refractivity contribution in [2.75, 3.05) is 0 Å². The van der Waals surface area contributed by atoms with Crippen molar-refractivity contribution in [2.24, 2.45) is 11.8 Å². The molecule has 1 heteroatoms. The third kappa shape index (κ3) is 3.51. The molecule has 0 bridgehead atoms. The van der Waals surface area contributed by atoms with Crippen LogP contribution in [0.4, 0.5) is 0 Å². The number of aromatic hydroxyl groups is 1. The highest BCUT2D eigenvalue weighted by atomic mass is 16.3. The number of hydrogen-bond donors (Lipinski definition) is 1. The lowest BCUT2D eigenvalue weighted by molar-refractivity contribution is 0.0951. The van der Waals surface area contributed by atoms with Crippen molar-refractivity contribution in [3.63, 3.8) is 0 Å². The molecule has 3 aliphatic carbocycles. The molecule has 0 unspecified atom stereocenters. The molecule has 0 amide bonds. The van der Waals surface area contributed by atoms with Crippen LogP contribution in [0.3, 0.4) is 0 Å². The fourth-order valence-electron chi connectivity index (χ4n) is 7.67. The summed E-state index contributed by atoms with van der Waals surface area (Å²) >= 11 is 0. The van der Waals surface area contributed by atoms with E-state index < -0.39 is 0 Å². The van der Waals surface area contributed by atoms with E-state index in [-0.39, 0.29) is 10.8 Å². The Balaban J connectivity index is 1.84. The van der Waals surface area contributed by atoms with E-state index >= 15 is 0 Å². The molecular formula is C31H42O. The molecule has 32 heavy (non-hydrogen) atoms. The second-order valence-corrected chi connectivity index (χ2v) is 11.7. The van der Waals surface area contributed by atoms with Gasteiger partial charge in [0.2, 0.25) is 0 Å². The van der Waals surface area contributed by atoms with Crippen molar-refractivity contribution in [1.82, 2.24) is 0 Å². The van der Waals surface area contributed by atoms with Crippen LogP contribution < -0.4 is 0 Å². The second kappa shape index (κ2) is 8.54. The van der Waals surface area contributed by atoms with Crippen LogP contribution in [0.15, 0.2) is 36.4 Å². The first-order valence-electron chi connectivity index (χ1n) is 13.4. The summed E-state index contributed by atoms with van der Waals surface area (Å²) in [5, 5.41) is 10.9. The normalized spacial score (nSPS) is 21.7. The highest BCUT2D eigenvalue weighted by Gasteiger charge is 2.52. The molecular weight excluding hydrogens is 388 g/mol. The van der Waals surface area contributed by atoms with E-state index in [1.54, 1.807) is 5.56 Å². The lowest BCUT2D eigenvalue weighted by atomic mass is 9.49. The Hall–Kier alpha value is -1.76. The van der Waals surface area contributed by atoms with Gasteiger partial charge in [-0.3, -0.25) is 0 Å². The number of phenolic OH excluding ortho intramolecular Hbond substituents is 1. The van der Waals surface area contributed by atoms with Gasteiger partial charge in [-0.05, 0) is 95.7 Å². The van der Waals surface area contributed by atoms with Gasteiger partial charge in [-0.1, -0.05) is 83.6 Å². The minimum absolute atomic E-state index is 0.0592. The smallest absolute Gasteiger partial charge is 0.116 e. The maximum absolute atomic E-state index is 10.9. The Morgan fingerprint density at radius 2 is 1.44 bits per heavy atom. The summed E-state index contributed by atoms with van der Waals surface area (Å²) in [6.07, 6.45) is 16.2. The SMILES string of the molecule is CCC(C)(C)c1cc(O)cc2c1C(C1CCCCC1)(C1CCCCC1)Cc1ccccc1-2. The molecule has 0 spiro atoms. The van der Waals surface area contributed by atoms with Crippen LogP contribution in [0, 0.1) is 11.8 Å². The topological polar surface area (TPSA) is 20.2 Å². The summed E-state index contributed by atoms with van der Waals surface area (Å²) < 4.78 is 0. The molecule has 2 fully saturated rings. The Bertz CT molecular complexity index is 938. The molecule has 2 aromatic rings. The molecule has 5 rings (SSSR count). The van der Waals surface area contributed by atoms with E-state index in [4.69, 9.17) is 0 Å². The molecule has 0 aromatic heterocycles. The zero-order valence-electron chi connectivity index (χ0n) is 20.6. The Kier molecular flexibility index (Phi) is 5.89. The first kappa shape index (κ1) is 22.1. The summed E-state index contributed by atoms with van der Waals surface area (Å²) in [4.78, 5) is 0. The van der Waals surface area contributed by atoms with E-state index in [1.165, 1.54) is 92.9 Å². The third-order valence-electron chi connectivity index (χ3n) is 9.66. The van der Waals surface area contributed by atoms with E-state index in [9.17, 15) is 5.11 Å². The minimum Gasteiger partial charge on any atom is -0.508 e. The predicted molar refractivity (Wildman–Crippen MR) is 135 cm³/mol. The average Bonchev–Trinajstić information content (AvgIpc) is 2.84. The van der Waals surface area contributed by atoms with E-state index in [0.29, 0.717) is 5.75 Å². The average molecular weight is 431 g/mol. The van der Waals surface area contributed by atoms with Gasteiger partial charge in [0, 0.05) is 5.41 Å². The van der Waals surface area contributed by atoms with E-state index in [2.05, 4.69) is 57.2 Å². The number of benzene rings is 2. The molecule has 0 aliphatic heterocycles. The van der Waals surface area contributed by atoms with Crippen LogP contribution in [0.25, 0.3) is 11.1 Å². The summed E-state index contributed by atoms with van der Waals surface area (Å²) in [6.45, 7) is 7.11. The maximum atomic E-state index is 10.9. The lowest BCUT2D eigenvalue weighted by Crippen LogP contribution is -2.49. The van der Waals surface area contributed by atoms with Crippen LogP contribution in [0.1, 0.15) is 108 Å². The summed E-state index contributed by atoms with van der Waals surface area (Å²) in [6, 6.07) is 13.4. The van der Waals surface area contributed by atoms with Crippen molar-refractivity contribution < 1.29 is 5.11 Å². The largest absolute Gasteiger partial charge is 0.508 e. The van der Waals surface area contributed by atoms with Crippen molar-refractivity contribution in [3.8, 4) is 16.9 Å². The molecule has 0 atom stereocenters. The maximum Gasteiger partial charge on any atom is 0.116 e. The van der Waals surface area contributed by atoms with Gasteiger partial charge >= 0.3 is 0 Å². The van der Waals surface area contributed by atoms with Crippen LogP contribution in [-0.2, 0) is 17.3 Å². The predicted octanol–water partition coefficient (Wildman–Crippen LogP) is 8.70. The number of fused-ring (bicyclic) bond motifs is 3. The minimum atomic E-state index is 0.0592. The van der Waals surface area contributed by atoms with E-state index in [0.717, 1.165) is 18.3 Å². The van der Waals surface area contributed by atoms with Crippen LogP contribution in [0.5, 0.6) is 5.75 Å². The van der Waals surface area contributed by atoms with Crippen LogP contribution in [0.2, 0.25) is 0 Å². The molecule has 1 N–H and O–H groups in total. The molecule has 2 aromatic carbocycles. The fourth-order valence-corrected chi connectivity index (χ4v) is 7.67. The standard InChI is InChI=1S/C31H42O/c1-4-30(2,3)28-20-25(32)19-27-26-18-12-11-13-22(26)21-31(29(27)28,23-14-7-5-8-15-23)24-16-9-6-10-17-24/h11-13,18-20,23-24,32H,4-10,14-17,21H2,1-3H3. The summed E-state index contributed by atoms with van der Waals surface area (Å²) in [7, 11) is 0. The van der Waals surface area contributed by atoms with Gasteiger partial charge in [0.05, 0.1) is 0 Å². The number of phenols is 1. The van der Waals surface area contributed by atoms with Crippen molar-refractivity contribution in [3.05, 3.63) is 53.1 Å². The Labute approximate surface area is 195 Å². The molecule has 0 heterocycles. The van der Waals surface area contributed by atoms with Gasteiger partial charge in [-0.2, -0.15) is 0 Å². The van der Waals surface area contributed by atoms with Crippen LogP contribution >= 0.6 is 0 Å². The third-order valence-corrected chi connectivity index (χ3v) is 9.66. The monoisotopic (exact) mass is 430 g/mol. The zero-order chi connectivity index (χ0) is 22.3. The zero-order valence-corrected chi connectivity index (χ0v) is 20.6. The van der Waals surface area contributed by atoms with Crippen molar-refractivity contribution in [2.45, 2.75) is 109 Å². The quantitative estimate of drug-likeness (QED) is 0.514. The van der Waals surface area contributed by atoms with Crippen LogP contribution in [-0.4, -0.2) is 5.11 Å². The van der Waals surface area contributed by atoms with Gasteiger partial charge in [-0.25, -0.2) is 0 Å². The van der Waals surface area contributed by atoms with E-state index in [1.807, 2.05) is 0 Å². The van der Waals surface area contributed by atoms with Gasteiger partial charge in [0.25, 0.3) is 0 Å². The van der Waals surface area contributed by atoms with Crippen molar-refractivity contribution >= 4 is 0 Å². The Morgan fingerprint density at radius 3 is 2.03 bits per heavy atom. The fraction of sp³-hybridized carbons (Fsp3) is 0.613. The van der Waals surface area contributed by atoms with Gasteiger partial charge < -0.3 is 5.11 Å². The van der Waals surface area contributed by atoms with Gasteiger partial charge in [0.15, 0.2) is 0 Å². The highest BCUT2D eigenvalue weighted by molar-refractivity contribution is 5.78. The summed E-state index contributed by atoms with van der Waals surface area (Å²) in [5.41, 5.74) is 7.58. The lowest BCUT2D eigenvalue weighted by Gasteiger charge is -2.54. The van der Waals surface area contributed by atoms with Gasteiger partial charge in [0.1, 0.15) is 5.75 Å². The number of rotatable bonds is 4. The molecule has 0 radical (unpaired) electrons. The molecule has 172 valence electrons. The molecule has 2 saturated carbocycles. The molecule has 1 nitrogen and oxygen atoms in total. The first-order valence-corrected chi connectivity index (χ1v) is 13.4.